The summed E-state index contributed by atoms with van der Waals surface area (Å²) in [7, 11) is 0. The zero-order chi connectivity index (χ0) is 14.7. The van der Waals surface area contributed by atoms with E-state index in [9.17, 15) is 9.18 Å². The summed E-state index contributed by atoms with van der Waals surface area (Å²) in [4.78, 5) is 11.8. The first-order chi connectivity index (χ1) is 9.52. The van der Waals surface area contributed by atoms with Crippen molar-refractivity contribution in [1.29, 1.82) is 0 Å². The zero-order valence-corrected chi connectivity index (χ0v) is 11.2. The zero-order valence-electron chi connectivity index (χ0n) is 11.2. The van der Waals surface area contributed by atoms with E-state index in [1.807, 2.05) is 0 Å². The van der Waals surface area contributed by atoms with Crippen molar-refractivity contribution >= 4 is 11.6 Å². The molecule has 1 atom stereocenters. The van der Waals surface area contributed by atoms with Gasteiger partial charge in [-0.05, 0) is 35.5 Å². The molecule has 7 nitrogen and oxygen atoms in total. The van der Waals surface area contributed by atoms with Gasteiger partial charge in [-0.25, -0.2) is 4.39 Å². The van der Waals surface area contributed by atoms with Crippen molar-refractivity contribution in [2.75, 3.05) is 11.9 Å². The highest BCUT2D eigenvalue weighted by atomic mass is 19.1. The summed E-state index contributed by atoms with van der Waals surface area (Å²) in [6, 6.07) is 4.19. The van der Waals surface area contributed by atoms with E-state index in [2.05, 4.69) is 20.8 Å². The number of rotatable bonds is 4. The van der Waals surface area contributed by atoms with Gasteiger partial charge in [0, 0.05) is 18.2 Å². The van der Waals surface area contributed by atoms with Gasteiger partial charge in [0.25, 0.3) is 0 Å². The van der Waals surface area contributed by atoms with Gasteiger partial charge in [-0.15, -0.1) is 5.10 Å². The third-order valence-electron chi connectivity index (χ3n) is 2.87. The van der Waals surface area contributed by atoms with Gasteiger partial charge < -0.3 is 11.1 Å². The van der Waals surface area contributed by atoms with Crippen molar-refractivity contribution in [3.05, 3.63) is 29.8 Å². The van der Waals surface area contributed by atoms with Gasteiger partial charge in [0.2, 0.25) is 5.91 Å². The van der Waals surface area contributed by atoms with Crippen molar-refractivity contribution in [2.45, 2.75) is 13.8 Å². The number of nitrogens with zero attached hydrogens (tertiary/aromatic N) is 4. The number of nitrogens with one attached hydrogen (secondary N) is 1. The maximum Gasteiger partial charge on any atom is 0.228 e. The van der Waals surface area contributed by atoms with E-state index in [1.165, 1.54) is 22.9 Å². The van der Waals surface area contributed by atoms with Gasteiger partial charge in [-0.1, -0.05) is 6.92 Å². The summed E-state index contributed by atoms with van der Waals surface area (Å²) in [6.07, 6.45) is 0. The molecule has 0 saturated carbocycles. The van der Waals surface area contributed by atoms with E-state index in [1.54, 1.807) is 13.8 Å². The van der Waals surface area contributed by atoms with E-state index < -0.39 is 5.82 Å². The molecule has 2 rings (SSSR count). The fraction of sp³-hybridized carbons (Fsp3) is 0.333. The average molecular weight is 278 g/mol. The van der Waals surface area contributed by atoms with E-state index in [0.29, 0.717) is 11.5 Å². The summed E-state index contributed by atoms with van der Waals surface area (Å²) >= 11 is 0. The highest BCUT2D eigenvalue weighted by Gasteiger charge is 2.14. The van der Waals surface area contributed by atoms with Gasteiger partial charge >= 0.3 is 0 Å². The lowest BCUT2D eigenvalue weighted by molar-refractivity contribution is -0.119. The Morgan fingerprint density at radius 2 is 2.30 bits per heavy atom. The molecule has 0 radical (unpaired) electrons. The summed E-state index contributed by atoms with van der Waals surface area (Å²) in [5.41, 5.74) is 6.06. The average Bonchev–Trinajstić information content (AvgIpc) is 2.86. The molecule has 0 aliphatic heterocycles. The molecule has 3 N–H and O–H groups in total. The number of halogens is 1. The smallest absolute Gasteiger partial charge is 0.228 e. The Morgan fingerprint density at radius 3 is 2.90 bits per heavy atom. The predicted octanol–water partition coefficient (Wildman–Crippen LogP) is 0.643. The molecule has 2 aromatic rings. The molecule has 0 spiro atoms. The molecule has 0 fully saturated rings. The second kappa shape index (κ2) is 5.74. The Bertz CT molecular complexity index is 626. The molecule has 0 aliphatic carbocycles. The van der Waals surface area contributed by atoms with E-state index in [4.69, 9.17) is 5.73 Å². The van der Waals surface area contributed by atoms with Crippen LogP contribution in [0.3, 0.4) is 0 Å². The van der Waals surface area contributed by atoms with Gasteiger partial charge in [-0.3, -0.25) is 4.79 Å². The van der Waals surface area contributed by atoms with Crippen LogP contribution < -0.4 is 11.1 Å². The Kier molecular flexibility index (Phi) is 4.04. The van der Waals surface area contributed by atoms with Gasteiger partial charge in [-0.2, -0.15) is 4.68 Å². The van der Waals surface area contributed by atoms with Crippen molar-refractivity contribution in [3.63, 3.8) is 0 Å². The summed E-state index contributed by atoms with van der Waals surface area (Å²) in [5, 5.41) is 13.5. The van der Waals surface area contributed by atoms with Gasteiger partial charge in [0.15, 0.2) is 5.82 Å². The maximum atomic E-state index is 13.8. The first-order valence-electron chi connectivity index (χ1n) is 6.08. The second-order valence-electron chi connectivity index (χ2n) is 4.43. The van der Waals surface area contributed by atoms with Crippen LogP contribution in [-0.4, -0.2) is 32.7 Å². The fourth-order valence-electron chi connectivity index (χ4n) is 1.58. The van der Waals surface area contributed by atoms with E-state index >= 15 is 0 Å². The minimum Gasteiger partial charge on any atom is -0.330 e. The van der Waals surface area contributed by atoms with Crippen LogP contribution in [0, 0.1) is 18.7 Å². The number of amides is 1. The molecule has 1 unspecified atom stereocenters. The lowest BCUT2D eigenvalue weighted by Crippen LogP contribution is -2.26. The van der Waals surface area contributed by atoms with Crippen molar-refractivity contribution in [2.24, 2.45) is 11.7 Å². The molecule has 20 heavy (non-hydrogen) atoms. The lowest BCUT2D eigenvalue weighted by atomic mass is 10.1. The van der Waals surface area contributed by atoms with Crippen LogP contribution in [0.25, 0.3) is 5.69 Å². The SMILES string of the molecule is Cc1nnnn1-c1cc(NC(=O)C(C)CN)ccc1F. The molecule has 1 aromatic carbocycles. The lowest BCUT2D eigenvalue weighted by Gasteiger charge is -2.11. The monoisotopic (exact) mass is 278 g/mol. The molecular weight excluding hydrogens is 263 g/mol. The predicted molar refractivity (Wildman–Crippen MR) is 70.7 cm³/mol. The summed E-state index contributed by atoms with van der Waals surface area (Å²) < 4.78 is 15.1. The molecule has 1 aromatic heterocycles. The van der Waals surface area contributed by atoms with Crippen LogP contribution in [0.15, 0.2) is 18.2 Å². The van der Waals surface area contributed by atoms with Crippen LogP contribution in [0.2, 0.25) is 0 Å². The van der Waals surface area contributed by atoms with Crippen LogP contribution >= 0.6 is 0 Å². The molecule has 0 saturated heterocycles. The summed E-state index contributed by atoms with van der Waals surface area (Å²) in [5.74, 6) is -0.579. The molecule has 0 aliphatic rings. The second-order valence-corrected chi connectivity index (χ2v) is 4.43. The number of carbonyl (C=O) groups is 1. The molecular formula is C12H15FN6O. The number of carbonyl (C=O) groups excluding carboxylic acids is 1. The third kappa shape index (κ3) is 2.80. The Hall–Kier alpha value is -2.35. The standard InChI is InChI=1S/C12H15FN6O/c1-7(6-14)12(20)15-9-3-4-10(13)11(5-9)19-8(2)16-17-18-19/h3-5,7H,6,14H2,1-2H3,(H,15,20). The molecule has 1 heterocycles. The van der Waals surface area contributed by atoms with E-state index in [-0.39, 0.29) is 24.1 Å². The largest absolute Gasteiger partial charge is 0.330 e. The first kappa shape index (κ1) is 14.1. The number of hydrogen-bond acceptors (Lipinski definition) is 5. The molecule has 8 heteroatoms. The summed E-state index contributed by atoms with van der Waals surface area (Å²) in [6.45, 7) is 3.61. The van der Waals surface area contributed by atoms with Crippen molar-refractivity contribution in [3.8, 4) is 5.69 Å². The Morgan fingerprint density at radius 1 is 1.55 bits per heavy atom. The number of nitrogens with two attached hydrogens (primary N) is 1. The molecule has 0 bridgehead atoms. The normalized spacial score (nSPS) is 12.2. The number of tetrazole rings is 1. The number of benzene rings is 1. The quantitative estimate of drug-likeness (QED) is 0.855. The first-order valence-corrected chi connectivity index (χ1v) is 6.08. The van der Waals surface area contributed by atoms with Gasteiger partial charge in [0.05, 0.1) is 0 Å². The van der Waals surface area contributed by atoms with Crippen LogP contribution in [-0.2, 0) is 4.79 Å². The van der Waals surface area contributed by atoms with Crippen LogP contribution in [0.5, 0.6) is 0 Å². The fourth-order valence-corrected chi connectivity index (χ4v) is 1.58. The number of aryl methyl sites for hydroxylation is 1. The molecule has 1 amide bonds. The van der Waals surface area contributed by atoms with Crippen LogP contribution in [0.4, 0.5) is 10.1 Å². The maximum absolute atomic E-state index is 13.8. The number of aromatic nitrogens is 4. The Balaban J connectivity index is 2.30. The van der Waals surface area contributed by atoms with Crippen molar-refractivity contribution in [1.82, 2.24) is 20.2 Å². The van der Waals surface area contributed by atoms with Crippen LogP contribution in [0.1, 0.15) is 12.7 Å². The van der Waals surface area contributed by atoms with Gasteiger partial charge in [0.1, 0.15) is 11.5 Å². The minimum atomic E-state index is -0.481. The number of anilines is 1. The van der Waals surface area contributed by atoms with Crippen molar-refractivity contribution < 1.29 is 9.18 Å². The highest BCUT2D eigenvalue weighted by molar-refractivity contribution is 5.92. The third-order valence-corrected chi connectivity index (χ3v) is 2.87. The topological polar surface area (TPSA) is 98.7 Å². The number of hydrogen-bond donors (Lipinski definition) is 2. The highest BCUT2D eigenvalue weighted by Crippen LogP contribution is 2.19. The Labute approximate surface area is 115 Å². The molecule has 106 valence electrons. The minimum absolute atomic E-state index is 0.172. The van der Waals surface area contributed by atoms with E-state index in [0.717, 1.165) is 0 Å².